The van der Waals surface area contributed by atoms with E-state index >= 15 is 0 Å². The lowest BCUT2D eigenvalue weighted by atomic mass is 10.2. The molecule has 0 fully saturated rings. The maximum atomic E-state index is 13.6. The summed E-state index contributed by atoms with van der Waals surface area (Å²) in [4.78, 5) is 33.1. The second kappa shape index (κ2) is 10.4. The molecule has 4 rings (SSSR count). The molecule has 0 aliphatic heterocycles. The van der Waals surface area contributed by atoms with Crippen molar-refractivity contribution in [2.45, 2.75) is 39.0 Å². The molecule has 182 valence electrons. The molecule has 0 unspecified atom stereocenters. The number of hydrogen-bond donors (Lipinski definition) is 0. The number of ether oxygens (including phenoxy) is 1. The summed E-state index contributed by atoms with van der Waals surface area (Å²) < 4.78 is 8.57. The van der Waals surface area contributed by atoms with Gasteiger partial charge in [-0.15, -0.1) is 0 Å². The molecule has 35 heavy (non-hydrogen) atoms. The highest BCUT2D eigenvalue weighted by Crippen LogP contribution is 2.23. The summed E-state index contributed by atoms with van der Waals surface area (Å²) >= 11 is 1.26. The van der Waals surface area contributed by atoms with Gasteiger partial charge in [-0.1, -0.05) is 36.0 Å². The van der Waals surface area contributed by atoms with Crippen molar-refractivity contribution in [3.63, 3.8) is 0 Å². The van der Waals surface area contributed by atoms with E-state index in [4.69, 9.17) is 9.72 Å². The fourth-order valence-electron chi connectivity index (χ4n) is 3.88. The third kappa shape index (κ3) is 5.09. The number of anilines is 1. The summed E-state index contributed by atoms with van der Waals surface area (Å²) in [5.74, 6) is 0.812. The second-order valence-corrected chi connectivity index (χ2v) is 9.26. The van der Waals surface area contributed by atoms with Crippen molar-refractivity contribution >= 4 is 34.4 Å². The van der Waals surface area contributed by atoms with Gasteiger partial charge < -0.3 is 9.64 Å². The van der Waals surface area contributed by atoms with Gasteiger partial charge in [0.1, 0.15) is 11.3 Å². The first kappa shape index (κ1) is 24.5. The fourth-order valence-corrected chi connectivity index (χ4v) is 4.79. The average Bonchev–Trinajstić information content (AvgIpc) is 3.19. The zero-order valence-corrected chi connectivity index (χ0v) is 21.4. The van der Waals surface area contributed by atoms with Crippen LogP contribution in [0.3, 0.4) is 0 Å². The molecule has 0 atom stereocenters. The maximum absolute atomic E-state index is 13.6. The van der Waals surface area contributed by atoms with Crippen LogP contribution in [-0.4, -0.2) is 45.1 Å². The smallest absolute Gasteiger partial charge is 0.280 e. The van der Waals surface area contributed by atoms with Crippen LogP contribution in [0.15, 0.2) is 58.5 Å². The third-order valence-corrected chi connectivity index (χ3v) is 6.83. The van der Waals surface area contributed by atoms with Crippen LogP contribution in [0.2, 0.25) is 0 Å². The molecule has 0 saturated carbocycles. The number of benzene rings is 2. The van der Waals surface area contributed by atoms with E-state index < -0.39 is 0 Å². The quantitative estimate of drug-likeness (QED) is 0.273. The number of amides is 1. The number of rotatable bonds is 8. The minimum absolute atomic E-state index is 0.0769. The molecule has 8 nitrogen and oxygen atoms in total. The van der Waals surface area contributed by atoms with Gasteiger partial charge in [-0.3, -0.25) is 18.8 Å². The summed E-state index contributed by atoms with van der Waals surface area (Å²) in [6, 6.07) is 15.4. The molecule has 0 spiro atoms. The van der Waals surface area contributed by atoms with E-state index in [2.05, 4.69) is 5.10 Å². The predicted molar refractivity (Wildman–Crippen MR) is 140 cm³/mol. The van der Waals surface area contributed by atoms with Crippen LogP contribution in [-0.2, 0) is 17.9 Å². The van der Waals surface area contributed by atoms with Gasteiger partial charge in [-0.25, -0.2) is 4.98 Å². The Balaban J connectivity index is 1.69. The Morgan fingerprint density at radius 2 is 1.89 bits per heavy atom. The Labute approximate surface area is 208 Å². The summed E-state index contributed by atoms with van der Waals surface area (Å²) in [5.41, 5.74) is 4.42. The number of carbonyl (C=O) groups is 1. The van der Waals surface area contributed by atoms with Gasteiger partial charge >= 0.3 is 0 Å². The Bertz CT molecular complexity index is 1430. The van der Waals surface area contributed by atoms with Crippen LogP contribution in [0.5, 0.6) is 5.75 Å². The number of methoxy groups -OCH3 is 1. The zero-order chi connectivity index (χ0) is 25.1. The molecule has 9 heteroatoms. The molecule has 2 aromatic heterocycles. The average molecular weight is 492 g/mol. The maximum Gasteiger partial charge on any atom is 0.280 e. The van der Waals surface area contributed by atoms with E-state index in [0.29, 0.717) is 35.0 Å². The van der Waals surface area contributed by atoms with E-state index in [1.54, 1.807) is 28.3 Å². The van der Waals surface area contributed by atoms with Crippen molar-refractivity contribution in [1.82, 2.24) is 19.3 Å². The number of nitrogens with zero attached hydrogens (tertiary/aromatic N) is 5. The largest absolute Gasteiger partial charge is 0.497 e. The van der Waals surface area contributed by atoms with E-state index in [-0.39, 0.29) is 17.2 Å². The molecule has 0 bridgehead atoms. The van der Waals surface area contributed by atoms with Crippen molar-refractivity contribution < 1.29 is 9.53 Å². The summed E-state index contributed by atoms with van der Waals surface area (Å²) in [5, 5.41) is 4.98. The highest BCUT2D eigenvalue weighted by Gasteiger charge is 2.20. The Morgan fingerprint density at radius 3 is 2.54 bits per heavy atom. The van der Waals surface area contributed by atoms with Gasteiger partial charge in [0.15, 0.2) is 10.7 Å². The number of thioether (sulfide) groups is 1. The van der Waals surface area contributed by atoms with Gasteiger partial charge in [0, 0.05) is 19.3 Å². The van der Waals surface area contributed by atoms with E-state index in [1.165, 1.54) is 11.8 Å². The van der Waals surface area contributed by atoms with Crippen LogP contribution in [0.1, 0.15) is 23.7 Å². The van der Waals surface area contributed by atoms with E-state index in [1.807, 2.05) is 69.3 Å². The molecule has 1 amide bonds. The van der Waals surface area contributed by atoms with E-state index in [9.17, 15) is 9.59 Å². The van der Waals surface area contributed by atoms with E-state index in [0.717, 1.165) is 22.6 Å². The number of hydrogen-bond acceptors (Lipinski definition) is 6. The molecule has 0 radical (unpaired) electrons. The SMILES string of the molecule is CCn1nc(C)c2nc(SCC(=O)N(C)c3cccc(C)c3)n(Cc3ccc(OC)cc3)c(=O)c21. The van der Waals surface area contributed by atoms with Crippen molar-refractivity contribution in [2.24, 2.45) is 0 Å². The molecular weight excluding hydrogens is 462 g/mol. The summed E-state index contributed by atoms with van der Waals surface area (Å²) in [7, 11) is 3.37. The van der Waals surface area contributed by atoms with Crippen molar-refractivity contribution in [3.8, 4) is 5.75 Å². The van der Waals surface area contributed by atoms with Crippen LogP contribution in [0, 0.1) is 13.8 Å². The van der Waals surface area contributed by atoms with Gasteiger partial charge in [0.05, 0.1) is 25.1 Å². The number of aromatic nitrogens is 4. The highest BCUT2D eigenvalue weighted by molar-refractivity contribution is 7.99. The van der Waals surface area contributed by atoms with Crippen LogP contribution in [0.4, 0.5) is 5.69 Å². The number of aryl methyl sites for hydroxylation is 3. The Hall–Kier alpha value is -3.59. The minimum Gasteiger partial charge on any atom is -0.497 e. The second-order valence-electron chi connectivity index (χ2n) is 8.31. The first-order valence-corrected chi connectivity index (χ1v) is 12.4. The normalized spacial score (nSPS) is 11.1. The molecular formula is C26H29N5O3S. The Kier molecular flexibility index (Phi) is 7.25. The topological polar surface area (TPSA) is 82.2 Å². The number of carbonyl (C=O) groups excluding carboxylic acids is 1. The molecule has 0 aliphatic rings. The van der Waals surface area contributed by atoms with Crippen molar-refractivity contribution in [3.05, 3.63) is 75.7 Å². The fraction of sp³-hybridized carbons (Fsp3) is 0.308. The molecule has 2 aromatic carbocycles. The third-order valence-electron chi connectivity index (χ3n) is 5.87. The summed E-state index contributed by atoms with van der Waals surface area (Å²) in [6.07, 6.45) is 0. The monoisotopic (exact) mass is 491 g/mol. The lowest BCUT2D eigenvalue weighted by Crippen LogP contribution is -2.29. The lowest BCUT2D eigenvalue weighted by Gasteiger charge is -2.18. The van der Waals surface area contributed by atoms with Gasteiger partial charge in [-0.05, 0) is 56.2 Å². The molecule has 0 aliphatic carbocycles. The molecule has 0 saturated heterocycles. The predicted octanol–water partition coefficient (Wildman–Crippen LogP) is 4.04. The van der Waals surface area contributed by atoms with Gasteiger partial charge in [0.25, 0.3) is 5.56 Å². The first-order valence-electron chi connectivity index (χ1n) is 11.4. The van der Waals surface area contributed by atoms with Crippen molar-refractivity contribution in [2.75, 3.05) is 24.8 Å². The van der Waals surface area contributed by atoms with Crippen LogP contribution in [0.25, 0.3) is 11.0 Å². The lowest BCUT2D eigenvalue weighted by molar-refractivity contribution is -0.115. The van der Waals surface area contributed by atoms with Crippen LogP contribution >= 0.6 is 11.8 Å². The summed E-state index contributed by atoms with van der Waals surface area (Å²) in [6.45, 7) is 6.67. The van der Waals surface area contributed by atoms with Crippen LogP contribution < -0.4 is 15.2 Å². The highest BCUT2D eigenvalue weighted by atomic mass is 32.2. The molecule has 0 N–H and O–H groups in total. The van der Waals surface area contributed by atoms with Crippen molar-refractivity contribution in [1.29, 1.82) is 0 Å². The molecule has 2 heterocycles. The first-order chi connectivity index (χ1) is 16.8. The van der Waals surface area contributed by atoms with Gasteiger partial charge in [0.2, 0.25) is 5.91 Å². The standard InChI is InChI=1S/C26H29N5O3S/c1-6-31-24-23(18(3)28-31)27-26(30(25(24)33)15-19-10-12-21(34-5)13-11-19)35-16-22(32)29(4)20-9-7-8-17(2)14-20/h7-14H,6,15-16H2,1-5H3. The van der Waals surface area contributed by atoms with Gasteiger partial charge in [-0.2, -0.15) is 5.10 Å². The Morgan fingerprint density at radius 1 is 1.14 bits per heavy atom. The minimum atomic E-state index is -0.171. The molecule has 4 aromatic rings. The zero-order valence-electron chi connectivity index (χ0n) is 20.6. The number of fused-ring (bicyclic) bond motifs is 1.